The summed E-state index contributed by atoms with van der Waals surface area (Å²) in [6.45, 7) is 2.70. The molecule has 1 fully saturated rings. The van der Waals surface area contributed by atoms with Gasteiger partial charge in [0.25, 0.3) is 0 Å². The zero-order valence-electron chi connectivity index (χ0n) is 17.8. The van der Waals surface area contributed by atoms with E-state index in [-0.39, 0.29) is 0 Å². The predicted octanol–water partition coefficient (Wildman–Crippen LogP) is 4.70. The van der Waals surface area contributed by atoms with E-state index in [0.29, 0.717) is 49.2 Å². The number of ether oxygens (including phenoxy) is 1. The van der Waals surface area contributed by atoms with E-state index >= 15 is 0 Å². The third-order valence-electron chi connectivity index (χ3n) is 5.17. The first-order chi connectivity index (χ1) is 16.2. The smallest absolute Gasteiger partial charge is 0.250 e. The van der Waals surface area contributed by atoms with Gasteiger partial charge >= 0.3 is 0 Å². The summed E-state index contributed by atoms with van der Waals surface area (Å²) in [6, 6.07) is 21.7. The Bertz CT molecular complexity index is 1270. The number of rotatable bonds is 6. The molecule has 1 aromatic heterocycles. The number of fused-ring (bicyclic) bond motifs is 1. The molecule has 5 rings (SSSR count). The van der Waals surface area contributed by atoms with Gasteiger partial charge in [-0.15, -0.1) is 0 Å². The maximum Gasteiger partial charge on any atom is 0.250 e. The van der Waals surface area contributed by atoms with Gasteiger partial charge in [-0.05, 0) is 40.6 Å². The third-order valence-corrected chi connectivity index (χ3v) is 5.42. The van der Waals surface area contributed by atoms with Gasteiger partial charge in [0.05, 0.1) is 19.4 Å². The SMILES string of the molecule is Clc1ccc(C=NNc2nc(Nc3ccc4ccccc4c3)nc(N3CCOCC3)n2)cc1. The van der Waals surface area contributed by atoms with Gasteiger partial charge in [0.15, 0.2) is 0 Å². The fraction of sp³-hybridized carbons (Fsp3) is 0.167. The Kier molecular flexibility index (Phi) is 6.27. The Morgan fingerprint density at radius 3 is 2.45 bits per heavy atom. The molecular weight excluding hydrogens is 438 g/mol. The molecule has 9 heteroatoms. The number of nitrogens with one attached hydrogen (secondary N) is 2. The first kappa shape index (κ1) is 21.1. The van der Waals surface area contributed by atoms with Crippen LogP contribution in [0.1, 0.15) is 5.56 Å². The largest absolute Gasteiger partial charge is 0.378 e. The lowest BCUT2D eigenvalue weighted by Crippen LogP contribution is -2.37. The van der Waals surface area contributed by atoms with Gasteiger partial charge in [-0.1, -0.05) is 54.1 Å². The Hall–Kier alpha value is -3.75. The summed E-state index contributed by atoms with van der Waals surface area (Å²) >= 11 is 5.94. The summed E-state index contributed by atoms with van der Waals surface area (Å²) in [6.07, 6.45) is 1.69. The Labute approximate surface area is 196 Å². The van der Waals surface area contributed by atoms with Crippen LogP contribution in [0, 0.1) is 0 Å². The molecule has 1 aliphatic heterocycles. The van der Waals surface area contributed by atoms with Crippen LogP contribution >= 0.6 is 11.6 Å². The topological polar surface area (TPSA) is 87.6 Å². The number of benzene rings is 3. The lowest BCUT2D eigenvalue weighted by atomic mass is 10.1. The summed E-state index contributed by atoms with van der Waals surface area (Å²) in [7, 11) is 0. The van der Waals surface area contributed by atoms with Crippen molar-refractivity contribution >= 4 is 52.1 Å². The van der Waals surface area contributed by atoms with Crippen LogP contribution in [-0.4, -0.2) is 47.5 Å². The average Bonchev–Trinajstić information content (AvgIpc) is 2.86. The number of morpholine rings is 1. The maximum absolute atomic E-state index is 5.94. The van der Waals surface area contributed by atoms with Crippen LogP contribution in [0.5, 0.6) is 0 Å². The van der Waals surface area contributed by atoms with Gasteiger partial charge in [-0.3, -0.25) is 0 Å². The molecule has 4 aromatic rings. The van der Waals surface area contributed by atoms with Crippen molar-refractivity contribution in [2.75, 3.05) is 41.9 Å². The van der Waals surface area contributed by atoms with Crippen LogP contribution in [0.25, 0.3) is 10.8 Å². The lowest BCUT2D eigenvalue weighted by molar-refractivity contribution is 0.122. The van der Waals surface area contributed by atoms with E-state index < -0.39 is 0 Å². The molecule has 8 nitrogen and oxygen atoms in total. The zero-order valence-corrected chi connectivity index (χ0v) is 18.5. The minimum absolute atomic E-state index is 0.347. The van der Waals surface area contributed by atoms with E-state index in [2.05, 4.69) is 60.0 Å². The molecule has 1 saturated heterocycles. The molecular formula is C24H22ClN7O. The van der Waals surface area contributed by atoms with Crippen LogP contribution in [0.4, 0.5) is 23.5 Å². The first-order valence-electron chi connectivity index (χ1n) is 10.6. The van der Waals surface area contributed by atoms with Crippen molar-refractivity contribution in [1.29, 1.82) is 0 Å². The molecule has 0 unspecified atom stereocenters. The number of hydrogen-bond acceptors (Lipinski definition) is 8. The number of aromatic nitrogens is 3. The number of nitrogens with zero attached hydrogens (tertiary/aromatic N) is 5. The van der Waals surface area contributed by atoms with Gasteiger partial charge in [-0.25, -0.2) is 5.43 Å². The normalized spacial score (nSPS) is 14.0. The predicted molar refractivity (Wildman–Crippen MR) is 133 cm³/mol. The minimum Gasteiger partial charge on any atom is -0.378 e. The molecule has 1 aliphatic rings. The van der Waals surface area contributed by atoms with E-state index in [9.17, 15) is 0 Å². The second-order valence-corrected chi connectivity index (χ2v) is 7.93. The fourth-order valence-electron chi connectivity index (χ4n) is 3.48. The minimum atomic E-state index is 0.347. The quantitative estimate of drug-likeness (QED) is 0.319. The molecule has 0 aliphatic carbocycles. The monoisotopic (exact) mass is 459 g/mol. The molecule has 2 heterocycles. The van der Waals surface area contributed by atoms with Crippen LogP contribution in [0.15, 0.2) is 71.8 Å². The molecule has 0 atom stereocenters. The molecule has 33 heavy (non-hydrogen) atoms. The molecule has 0 saturated carbocycles. The first-order valence-corrected chi connectivity index (χ1v) is 11.0. The van der Waals surface area contributed by atoms with Crippen LogP contribution in [0.3, 0.4) is 0 Å². The zero-order chi connectivity index (χ0) is 22.5. The van der Waals surface area contributed by atoms with E-state index in [0.717, 1.165) is 16.6 Å². The van der Waals surface area contributed by atoms with E-state index in [1.54, 1.807) is 6.21 Å². The van der Waals surface area contributed by atoms with Gasteiger partial charge in [0.2, 0.25) is 17.8 Å². The van der Waals surface area contributed by atoms with Crippen LogP contribution < -0.4 is 15.6 Å². The van der Waals surface area contributed by atoms with Crippen molar-refractivity contribution in [3.63, 3.8) is 0 Å². The molecule has 2 N–H and O–H groups in total. The second-order valence-electron chi connectivity index (χ2n) is 7.49. The van der Waals surface area contributed by atoms with Crippen LogP contribution in [-0.2, 0) is 4.74 Å². The van der Waals surface area contributed by atoms with E-state index in [1.165, 1.54) is 5.39 Å². The lowest BCUT2D eigenvalue weighted by Gasteiger charge is -2.27. The highest BCUT2D eigenvalue weighted by Crippen LogP contribution is 2.23. The molecule has 166 valence electrons. The number of hydrogen-bond donors (Lipinski definition) is 2. The summed E-state index contributed by atoms with van der Waals surface area (Å²) in [5.74, 6) is 1.35. The van der Waals surface area contributed by atoms with Crippen LogP contribution in [0.2, 0.25) is 5.02 Å². The van der Waals surface area contributed by atoms with Crippen molar-refractivity contribution in [3.05, 3.63) is 77.3 Å². The van der Waals surface area contributed by atoms with E-state index in [1.807, 2.05) is 42.5 Å². The van der Waals surface area contributed by atoms with Gasteiger partial charge in [-0.2, -0.15) is 20.1 Å². The molecule has 3 aromatic carbocycles. The standard InChI is InChI=1S/C24H22ClN7O/c25-20-8-5-17(6-9-20)16-26-31-23-28-22(29-24(30-23)32-11-13-33-14-12-32)27-21-10-7-18-3-1-2-4-19(18)15-21/h1-10,15-16H,11-14H2,(H2,27,28,29,30,31). The maximum atomic E-state index is 5.94. The summed E-state index contributed by atoms with van der Waals surface area (Å²) in [5.41, 5.74) is 4.72. The Morgan fingerprint density at radius 1 is 0.879 bits per heavy atom. The highest BCUT2D eigenvalue weighted by atomic mass is 35.5. The van der Waals surface area contributed by atoms with Gasteiger partial charge in [0.1, 0.15) is 0 Å². The fourth-order valence-corrected chi connectivity index (χ4v) is 3.61. The summed E-state index contributed by atoms with van der Waals surface area (Å²) < 4.78 is 5.46. The second kappa shape index (κ2) is 9.81. The van der Waals surface area contributed by atoms with Crippen molar-refractivity contribution in [2.45, 2.75) is 0 Å². The van der Waals surface area contributed by atoms with Gasteiger partial charge < -0.3 is 15.0 Å². The number of halogens is 1. The Morgan fingerprint density at radius 2 is 1.64 bits per heavy atom. The Balaban J connectivity index is 1.40. The highest BCUT2D eigenvalue weighted by Gasteiger charge is 2.16. The van der Waals surface area contributed by atoms with Crippen molar-refractivity contribution in [3.8, 4) is 0 Å². The molecule has 0 bridgehead atoms. The highest BCUT2D eigenvalue weighted by molar-refractivity contribution is 6.30. The number of hydrazone groups is 1. The van der Waals surface area contributed by atoms with Crippen molar-refractivity contribution in [1.82, 2.24) is 15.0 Å². The van der Waals surface area contributed by atoms with Crippen molar-refractivity contribution in [2.24, 2.45) is 5.10 Å². The van der Waals surface area contributed by atoms with E-state index in [4.69, 9.17) is 16.3 Å². The van der Waals surface area contributed by atoms with Crippen molar-refractivity contribution < 1.29 is 4.74 Å². The molecule has 0 radical (unpaired) electrons. The van der Waals surface area contributed by atoms with Gasteiger partial charge in [0, 0.05) is 23.8 Å². The molecule has 0 amide bonds. The third kappa shape index (κ3) is 5.36. The average molecular weight is 460 g/mol. The summed E-state index contributed by atoms with van der Waals surface area (Å²) in [4.78, 5) is 15.8. The number of anilines is 4. The summed E-state index contributed by atoms with van der Waals surface area (Å²) in [5, 5.41) is 10.6. The molecule has 0 spiro atoms.